The summed E-state index contributed by atoms with van der Waals surface area (Å²) >= 11 is 0. The molecule has 0 saturated carbocycles. The lowest BCUT2D eigenvalue weighted by Crippen LogP contribution is -2.10. The smallest absolute Gasteiger partial charge is 0.336 e. The summed E-state index contributed by atoms with van der Waals surface area (Å²) in [5, 5.41) is 9.20. The fourth-order valence-corrected chi connectivity index (χ4v) is 2.22. The Balaban J connectivity index is 2.50. The van der Waals surface area contributed by atoms with Gasteiger partial charge in [0.25, 0.3) is 0 Å². The summed E-state index contributed by atoms with van der Waals surface area (Å²) in [7, 11) is 0. The minimum Gasteiger partial charge on any atom is -0.478 e. The number of benzene rings is 2. The van der Waals surface area contributed by atoms with E-state index in [9.17, 15) is 24.3 Å². The number of hydrogen-bond donors (Lipinski definition) is 1. The Morgan fingerprint density at radius 2 is 1.35 bits per heavy atom. The minimum absolute atomic E-state index is 0.0477. The number of carboxylic acid groups (broad SMARTS) is 1. The summed E-state index contributed by atoms with van der Waals surface area (Å²) < 4.78 is 0. The van der Waals surface area contributed by atoms with E-state index >= 15 is 0 Å². The standard InChI is InChI=1S/C18H14O5/c1-10(19)12-4-3-5-13(8-12)17(21)14-6-7-15(11(2)20)16(9-14)18(22)23/h3-9H,1-2H3,(H,22,23). The average Bonchev–Trinajstić information content (AvgIpc) is 2.53. The predicted octanol–water partition coefficient (Wildman–Crippen LogP) is 3.02. The summed E-state index contributed by atoms with van der Waals surface area (Å²) in [6, 6.07) is 10.1. The fourth-order valence-electron chi connectivity index (χ4n) is 2.22. The number of carbonyl (C=O) groups excluding carboxylic acids is 3. The molecule has 0 aliphatic rings. The SMILES string of the molecule is CC(=O)c1cccc(C(=O)c2ccc(C(C)=O)c(C(=O)O)c2)c1. The lowest BCUT2D eigenvalue weighted by molar-refractivity contribution is 0.0692. The number of Topliss-reactive ketones (excluding diaryl/α,β-unsaturated/α-hetero) is 2. The van der Waals surface area contributed by atoms with Crippen LogP contribution in [0.4, 0.5) is 0 Å². The molecular formula is C18H14O5. The van der Waals surface area contributed by atoms with Gasteiger partial charge in [-0.25, -0.2) is 4.79 Å². The Morgan fingerprint density at radius 1 is 0.739 bits per heavy atom. The third-order valence-corrected chi connectivity index (χ3v) is 3.42. The van der Waals surface area contributed by atoms with E-state index in [1.807, 2.05) is 0 Å². The minimum atomic E-state index is -1.28. The highest BCUT2D eigenvalue weighted by Crippen LogP contribution is 2.17. The Morgan fingerprint density at radius 3 is 1.91 bits per heavy atom. The van der Waals surface area contributed by atoms with Gasteiger partial charge in [-0.05, 0) is 32.0 Å². The fraction of sp³-hybridized carbons (Fsp3) is 0.111. The molecule has 2 aromatic rings. The highest BCUT2D eigenvalue weighted by molar-refractivity contribution is 6.12. The van der Waals surface area contributed by atoms with Crippen molar-refractivity contribution in [3.63, 3.8) is 0 Å². The van der Waals surface area contributed by atoms with Gasteiger partial charge in [0.1, 0.15) is 0 Å². The first-order chi connectivity index (χ1) is 10.8. The molecule has 0 bridgehead atoms. The van der Waals surface area contributed by atoms with Crippen molar-refractivity contribution in [2.24, 2.45) is 0 Å². The number of carboxylic acids is 1. The molecule has 1 N–H and O–H groups in total. The maximum absolute atomic E-state index is 12.5. The molecule has 0 radical (unpaired) electrons. The van der Waals surface area contributed by atoms with Crippen molar-refractivity contribution in [2.45, 2.75) is 13.8 Å². The molecule has 0 amide bonds. The van der Waals surface area contributed by atoms with Crippen molar-refractivity contribution in [3.05, 3.63) is 70.3 Å². The third kappa shape index (κ3) is 3.40. The van der Waals surface area contributed by atoms with Crippen molar-refractivity contribution in [1.82, 2.24) is 0 Å². The van der Waals surface area contributed by atoms with E-state index in [-0.39, 0.29) is 33.8 Å². The van der Waals surface area contributed by atoms with Crippen molar-refractivity contribution >= 4 is 23.3 Å². The topological polar surface area (TPSA) is 88.5 Å². The van der Waals surface area contributed by atoms with Crippen LogP contribution in [0.15, 0.2) is 42.5 Å². The molecule has 0 aliphatic carbocycles. The number of hydrogen-bond acceptors (Lipinski definition) is 4. The quantitative estimate of drug-likeness (QED) is 0.857. The number of ketones is 3. The Kier molecular flexibility index (Phi) is 4.50. The van der Waals surface area contributed by atoms with Crippen LogP contribution in [0, 0.1) is 0 Å². The number of aromatic carboxylic acids is 1. The maximum atomic E-state index is 12.5. The van der Waals surface area contributed by atoms with E-state index in [4.69, 9.17) is 0 Å². The van der Waals surface area contributed by atoms with E-state index in [1.54, 1.807) is 18.2 Å². The molecule has 23 heavy (non-hydrogen) atoms. The van der Waals surface area contributed by atoms with Gasteiger partial charge in [-0.2, -0.15) is 0 Å². The molecule has 0 spiro atoms. The lowest BCUT2D eigenvalue weighted by Gasteiger charge is -2.07. The maximum Gasteiger partial charge on any atom is 0.336 e. The van der Waals surface area contributed by atoms with E-state index in [2.05, 4.69) is 0 Å². The van der Waals surface area contributed by atoms with Gasteiger partial charge >= 0.3 is 5.97 Å². The molecule has 116 valence electrons. The molecule has 2 aromatic carbocycles. The summed E-state index contributed by atoms with van der Waals surface area (Å²) in [5.74, 6) is -2.24. The Labute approximate surface area is 132 Å². The van der Waals surface area contributed by atoms with Crippen LogP contribution in [0.25, 0.3) is 0 Å². The molecular weight excluding hydrogens is 296 g/mol. The normalized spacial score (nSPS) is 10.2. The first-order valence-corrected chi connectivity index (χ1v) is 6.85. The predicted molar refractivity (Wildman–Crippen MR) is 83.3 cm³/mol. The van der Waals surface area contributed by atoms with Crippen LogP contribution in [0.2, 0.25) is 0 Å². The van der Waals surface area contributed by atoms with Gasteiger partial charge in [0, 0.05) is 22.3 Å². The molecule has 0 aromatic heterocycles. The van der Waals surface area contributed by atoms with Crippen LogP contribution in [-0.4, -0.2) is 28.4 Å². The van der Waals surface area contributed by atoms with Crippen LogP contribution >= 0.6 is 0 Å². The van der Waals surface area contributed by atoms with Crippen LogP contribution < -0.4 is 0 Å². The van der Waals surface area contributed by atoms with Gasteiger partial charge in [0.15, 0.2) is 17.3 Å². The van der Waals surface area contributed by atoms with E-state index in [1.165, 1.54) is 38.1 Å². The van der Waals surface area contributed by atoms with Crippen molar-refractivity contribution < 1.29 is 24.3 Å². The Bertz CT molecular complexity index is 833. The van der Waals surface area contributed by atoms with Crippen LogP contribution in [-0.2, 0) is 0 Å². The first kappa shape index (κ1) is 16.3. The van der Waals surface area contributed by atoms with Gasteiger partial charge in [-0.15, -0.1) is 0 Å². The second kappa shape index (κ2) is 6.36. The van der Waals surface area contributed by atoms with Crippen LogP contribution in [0.3, 0.4) is 0 Å². The van der Waals surface area contributed by atoms with E-state index < -0.39 is 11.8 Å². The molecule has 5 heteroatoms. The molecule has 0 aliphatic heterocycles. The van der Waals surface area contributed by atoms with Gasteiger partial charge in [-0.3, -0.25) is 14.4 Å². The van der Waals surface area contributed by atoms with Gasteiger partial charge in [0.2, 0.25) is 0 Å². The van der Waals surface area contributed by atoms with Gasteiger partial charge < -0.3 is 5.11 Å². The van der Waals surface area contributed by atoms with Crippen molar-refractivity contribution in [2.75, 3.05) is 0 Å². The van der Waals surface area contributed by atoms with E-state index in [0.29, 0.717) is 5.56 Å². The zero-order valence-corrected chi connectivity index (χ0v) is 12.6. The molecule has 0 fully saturated rings. The zero-order chi connectivity index (χ0) is 17.1. The molecule has 0 heterocycles. The van der Waals surface area contributed by atoms with Crippen LogP contribution in [0.1, 0.15) is 60.8 Å². The average molecular weight is 310 g/mol. The summed E-state index contributed by atoms with van der Waals surface area (Å²) in [4.78, 5) is 46.6. The summed E-state index contributed by atoms with van der Waals surface area (Å²) in [6.45, 7) is 2.66. The van der Waals surface area contributed by atoms with Crippen LogP contribution in [0.5, 0.6) is 0 Å². The largest absolute Gasteiger partial charge is 0.478 e. The number of rotatable bonds is 5. The van der Waals surface area contributed by atoms with Crippen molar-refractivity contribution in [1.29, 1.82) is 0 Å². The number of carbonyl (C=O) groups is 4. The first-order valence-electron chi connectivity index (χ1n) is 6.85. The van der Waals surface area contributed by atoms with E-state index in [0.717, 1.165) is 0 Å². The monoisotopic (exact) mass is 310 g/mol. The highest BCUT2D eigenvalue weighted by Gasteiger charge is 2.18. The molecule has 5 nitrogen and oxygen atoms in total. The summed E-state index contributed by atoms with van der Waals surface area (Å²) in [6.07, 6.45) is 0. The van der Waals surface area contributed by atoms with Gasteiger partial charge in [-0.1, -0.05) is 24.3 Å². The highest BCUT2D eigenvalue weighted by atomic mass is 16.4. The van der Waals surface area contributed by atoms with Gasteiger partial charge in [0.05, 0.1) is 5.56 Å². The molecule has 0 atom stereocenters. The van der Waals surface area contributed by atoms with Crippen molar-refractivity contribution in [3.8, 4) is 0 Å². The second-order valence-electron chi connectivity index (χ2n) is 5.09. The molecule has 0 saturated heterocycles. The lowest BCUT2D eigenvalue weighted by atomic mass is 9.95. The third-order valence-electron chi connectivity index (χ3n) is 3.42. The molecule has 2 rings (SSSR count). The summed E-state index contributed by atoms with van der Waals surface area (Å²) in [5.41, 5.74) is 0.657. The zero-order valence-electron chi connectivity index (χ0n) is 12.6. The second-order valence-corrected chi connectivity index (χ2v) is 5.09. The Hall–Kier alpha value is -3.08. The molecule has 0 unspecified atom stereocenters.